The Labute approximate surface area is 78.6 Å². The zero-order chi connectivity index (χ0) is 9.10. The molecule has 1 atom stereocenters. The van der Waals surface area contributed by atoms with Gasteiger partial charge in [0.25, 0.3) is 0 Å². The van der Waals surface area contributed by atoms with Crippen molar-refractivity contribution in [2.75, 3.05) is 0 Å². The second-order valence-corrected chi connectivity index (χ2v) is 3.26. The maximum absolute atomic E-state index is 5.32. The molecule has 0 saturated carbocycles. The van der Waals surface area contributed by atoms with Crippen molar-refractivity contribution in [2.45, 2.75) is 12.3 Å². The molecule has 66 valence electrons. The van der Waals surface area contributed by atoms with Crippen LogP contribution in [0.15, 0.2) is 42.6 Å². The van der Waals surface area contributed by atoms with E-state index >= 15 is 0 Å². The van der Waals surface area contributed by atoms with Crippen LogP contribution in [0.2, 0.25) is 0 Å². The Bertz CT molecular complexity index is 350. The van der Waals surface area contributed by atoms with Gasteiger partial charge in [0.2, 0.25) is 0 Å². The first-order chi connectivity index (χ1) is 6.42. The molecule has 1 unspecified atom stereocenters. The lowest BCUT2D eigenvalue weighted by Gasteiger charge is -2.06. The minimum atomic E-state index is 0.524. The van der Waals surface area contributed by atoms with Gasteiger partial charge in [-0.3, -0.25) is 0 Å². The van der Waals surface area contributed by atoms with E-state index in [0.29, 0.717) is 5.92 Å². The van der Waals surface area contributed by atoms with Crippen molar-refractivity contribution in [3.05, 3.63) is 53.7 Å². The fourth-order valence-corrected chi connectivity index (χ4v) is 1.75. The number of allylic oxidation sites excluding steroid dienone is 2. The molecule has 1 aromatic rings. The van der Waals surface area contributed by atoms with Gasteiger partial charge in [-0.25, -0.2) is 0 Å². The van der Waals surface area contributed by atoms with Crippen LogP contribution >= 0.6 is 0 Å². The Morgan fingerprint density at radius 3 is 3.00 bits per heavy atom. The van der Waals surface area contributed by atoms with Crippen LogP contribution in [-0.2, 0) is 0 Å². The number of nitrogens with two attached hydrogens (primary N) is 1. The van der Waals surface area contributed by atoms with Gasteiger partial charge < -0.3 is 5.73 Å². The van der Waals surface area contributed by atoms with E-state index < -0.39 is 0 Å². The molecule has 2 rings (SSSR count). The molecule has 1 heteroatoms. The van der Waals surface area contributed by atoms with Gasteiger partial charge >= 0.3 is 0 Å². The largest absolute Gasteiger partial charge is 0.405 e. The number of fused-ring (bicyclic) bond motifs is 1. The van der Waals surface area contributed by atoms with Crippen molar-refractivity contribution in [1.29, 1.82) is 0 Å². The summed E-state index contributed by atoms with van der Waals surface area (Å²) in [6, 6.07) is 8.50. The van der Waals surface area contributed by atoms with Crippen molar-refractivity contribution in [3.8, 4) is 0 Å². The minimum absolute atomic E-state index is 0.524. The molecule has 0 heterocycles. The Morgan fingerprint density at radius 1 is 1.31 bits per heavy atom. The van der Waals surface area contributed by atoms with E-state index in [1.807, 2.05) is 6.08 Å². The van der Waals surface area contributed by atoms with Gasteiger partial charge in [-0.1, -0.05) is 42.5 Å². The van der Waals surface area contributed by atoms with E-state index in [9.17, 15) is 0 Å². The van der Waals surface area contributed by atoms with E-state index in [1.54, 1.807) is 6.20 Å². The first-order valence-corrected chi connectivity index (χ1v) is 4.55. The molecule has 13 heavy (non-hydrogen) atoms. The summed E-state index contributed by atoms with van der Waals surface area (Å²) in [7, 11) is 0. The zero-order valence-electron chi connectivity index (χ0n) is 7.48. The summed E-state index contributed by atoms with van der Waals surface area (Å²) in [5.74, 6) is 0.524. The average molecular weight is 171 g/mol. The molecule has 0 saturated heterocycles. The molecule has 1 nitrogen and oxygen atoms in total. The smallest absolute Gasteiger partial charge is 0.00623 e. The second kappa shape index (κ2) is 3.48. The molecule has 0 radical (unpaired) electrons. The Balaban J connectivity index is 2.23. The highest BCUT2D eigenvalue weighted by molar-refractivity contribution is 5.62. The molecule has 0 aliphatic heterocycles. The summed E-state index contributed by atoms with van der Waals surface area (Å²) >= 11 is 0. The number of rotatable bonds is 2. The van der Waals surface area contributed by atoms with E-state index in [2.05, 4.69) is 36.4 Å². The molecule has 0 amide bonds. The number of hydrogen-bond acceptors (Lipinski definition) is 1. The third kappa shape index (κ3) is 1.50. The maximum Gasteiger partial charge on any atom is 0.00623 e. The number of benzene rings is 1. The molecule has 0 fully saturated rings. The predicted octanol–water partition coefficient (Wildman–Crippen LogP) is 2.66. The van der Waals surface area contributed by atoms with Crippen LogP contribution in [0.25, 0.3) is 6.08 Å². The van der Waals surface area contributed by atoms with Crippen molar-refractivity contribution >= 4 is 6.08 Å². The molecule has 1 aromatic carbocycles. The summed E-state index contributed by atoms with van der Waals surface area (Å²) < 4.78 is 0. The monoisotopic (exact) mass is 171 g/mol. The second-order valence-electron chi connectivity index (χ2n) is 3.26. The molecule has 1 aliphatic carbocycles. The van der Waals surface area contributed by atoms with Gasteiger partial charge in [-0.15, -0.1) is 0 Å². The van der Waals surface area contributed by atoms with Crippen LogP contribution in [0, 0.1) is 0 Å². The summed E-state index contributed by atoms with van der Waals surface area (Å²) in [5, 5.41) is 0. The highest BCUT2D eigenvalue weighted by Gasteiger charge is 2.14. The Hall–Kier alpha value is -1.50. The minimum Gasteiger partial charge on any atom is -0.405 e. The fourth-order valence-electron chi connectivity index (χ4n) is 1.75. The first kappa shape index (κ1) is 8.11. The summed E-state index contributed by atoms with van der Waals surface area (Å²) in [5.41, 5.74) is 8.08. The average Bonchev–Trinajstić information content (AvgIpc) is 2.58. The van der Waals surface area contributed by atoms with E-state index in [1.165, 1.54) is 11.1 Å². The highest BCUT2D eigenvalue weighted by Crippen LogP contribution is 2.32. The van der Waals surface area contributed by atoms with Crippen LogP contribution in [0.5, 0.6) is 0 Å². The molecule has 2 N–H and O–H groups in total. The lowest BCUT2D eigenvalue weighted by molar-refractivity contribution is 0.878. The van der Waals surface area contributed by atoms with Gasteiger partial charge in [0, 0.05) is 5.92 Å². The van der Waals surface area contributed by atoms with Crippen LogP contribution in [-0.4, -0.2) is 0 Å². The lowest BCUT2D eigenvalue weighted by atomic mass is 9.98. The molecule has 0 bridgehead atoms. The summed E-state index contributed by atoms with van der Waals surface area (Å²) in [6.45, 7) is 0. The maximum atomic E-state index is 5.32. The first-order valence-electron chi connectivity index (χ1n) is 4.55. The van der Waals surface area contributed by atoms with Gasteiger partial charge in [-0.05, 0) is 23.7 Å². The van der Waals surface area contributed by atoms with E-state index in [0.717, 1.165) is 6.42 Å². The van der Waals surface area contributed by atoms with Gasteiger partial charge in [0.05, 0.1) is 0 Å². The van der Waals surface area contributed by atoms with Crippen molar-refractivity contribution in [1.82, 2.24) is 0 Å². The molecule has 1 aliphatic rings. The molecule has 0 spiro atoms. The standard InChI is InChI=1S/C12H13N/c13-9-3-5-11-8-7-10-4-1-2-6-12(10)11/h1-4,6-9,11H,5,13H2. The molecular weight excluding hydrogens is 158 g/mol. The van der Waals surface area contributed by atoms with Crippen molar-refractivity contribution in [2.24, 2.45) is 5.73 Å². The summed E-state index contributed by atoms with van der Waals surface area (Å²) in [4.78, 5) is 0. The molecule has 0 aromatic heterocycles. The predicted molar refractivity (Wildman–Crippen MR) is 56.2 cm³/mol. The van der Waals surface area contributed by atoms with Gasteiger partial charge in [-0.2, -0.15) is 0 Å². The van der Waals surface area contributed by atoms with E-state index in [4.69, 9.17) is 5.73 Å². The fraction of sp³-hybridized carbons (Fsp3) is 0.167. The van der Waals surface area contributed by atoms with Gasteiger partial charge in [0.1, 0.15) is 0 Å². The van der Waals surface area contributed by atoms with E-state index in [-0.39, 0.29) is 0 Å². The SMILES string of the molecule is NC=CCC1C=Cc2ccccc21. The third-order valence-corrected chi connectivity index (χ3v) is 2.43. The van der Waals surface area contributed by atoms with Crippen LogP contribution in [0.1, 0.15) is 23.5 Å². The lowest BCUT2D eigenvalue weighted by Crippen LogP contribution is -1.91. The van der Waals surface area contributed by atoms with Crippen LogP contribution < -0.4 is 5.73 Å². The van der Waals surface area contributed by atoms with Gasteiger partial charge in [0.15, 0.2) is 0 Å². The Kier molecular flexibility index (Phi) is 2.17. The Morgan fingerprint density at radius 2 is 2.15 bits per heavy atom. The van der Waals surface area contributed by atoms with Crippen LogP contribution in [0.3, 0.4) is 0 Å². The van der Waals surface area contributed by atoms with Crippen molar-refractivity contribution < 1.29 is 0 Å². The third-order valence-electron chi connectivity index (χ3n) is 2.43. The normalized spacial score (nSPS) is 19.5. The number of hydrogen-bond donors (Lipinski definition) is 1. The van der Waals surface area contributed by atoms with Crippen LogP contribution in [0.4, 0.5) is 0 Å². The highest BCUT2D eigenvalue weighted by atomic mass is 14.5. The summed E-state index contributed by atoms with van der Waals surface area (Å²) in [6.07, 6.45) is 9.06. The molecular formula is C12H13N. The zero-order valence-corrected chi connectivity index (χ0v) is 7.48. The van der Waals surface area contributed by atoms with Crippen molar-refractivity contribution in [3.63, 3.8) is 0 Å². The topological polar surface area (TPSA) is 26.0 Å². The quantitative estimate of drug-likeness (QED) is 0.727.